The van der Waals surface area contributed by atoms with E-state index < -0.39 is 22.0 Å². The van der Waals surface area contributed by atoms with Gasteiger partial charge in [0.2, 0.25) is 0 Å². The van der Waals surface area contributed by atoms with Crippen LogP contribution in [0.5, 0.6) is 0 Å². The Hall–Kier alpha value is -3.52. The summed E-state index contributed by atoms with van der Waals surface area (Å²) in [5.41, 5.74) is 9.07. The fourth-order valence-electron chi connectivity index (χ4n) is 3.11. The number of benzene rings is 3. The molecule has 6 N–H and O–H groups in total. The first-order valence-electron chi connectivity index (χ1n) is 7.74. The number of nitrogen functional groups attached to an aromatic ring is 2. The molecule has 0 saturated carbocycles. The van der Waals surface area contributed by atoms with Gasteiger partial charge in [-0.2, -0.15) is 0 Å². The molecule has 0 amide bonds. The predicted molar refractivity (Wildman–Crippen MR) is 102 cm³/mol. The highest BCUT2D eigenvalue weighted by atomic mass is 16.2. The Labute approximate surface area is 145 Å². The van der Waals surface area contributed by atoms with E-state index in [1.165, 1.54) is 12.1 Å². The maximum absolute atomic E-state index is 12.7. The number of aromatic nitrogens is 1. The van der Waals surface area contributed by atoms with Gasteiger partial charge < -0.3 is 16.6 Å². The molecule has 8 nitrogen and oxygen atoms in total. The Morgan fingerprint density at radius 2 is 1.15 bits per heavy atom. The first-order chi connectivity index (χ1) is 12.3. The number of anilines is 2. The van der Waals surface area contributed by atoms with Crippen molar-refractivity contribution >= 4 is 43.7 Å². The molecule has 132 valence electrons. The summed E-state index contributed by atoms with van der Waals surface area (Å²) in [7, 11) is 0. The summed E-state index contributed by atoms with van der Waals surface area (Å²) in [6, 6.07) is 6.26. The molecule has 0 unspecified atom stereocenters. The smallest absolute Gasteiger partial charge is 0.261 e. The van der Waals surface area contributed by atoms with Crippen molar-refractivity contribution in [2.45, 2.75) is 6.92 Å². The highest BCUT2D eigenvalue weighted by Gasteiger charge is 2.22. The predicted octanol–water partition coefficient (Wildman–Crippen LogP) is -0.0463. The van der Waals surface area contributed by atoms with Crippen LogP contribution in [0.3, 0.4) is 0 Å². The highest BCUT2D eigenvalue weighted by molar-refractivity contribution is 6.20. The van der Waals surface area contributed by atoms with Gasteiger partial charge in [0.25, 0.3) is 11.1 Å². The van der Waals surface area contributed by atoms with Gasteiger partial charge in [0.1, 0.15) is 0 Å². The third-order valence-corrected chi connectivity index (χ3v) is 4.13. The van der Waals surface area contributed by atoms with Gasteiger partial charge in [0.15, 0.2) is 10.9 Å². The number of hydrogen-bond donors (Lipinski definition) is 4. The van der Waals surface area contributed by atoms with Crippen molar-refractivity contribution < 1.29 is 5.11 Å². The average Bonchev–Trinajstić information content (AvgIpc) is 2.91. The Kier molecular flexibility index (Phi) is 4.05. The quantitative estimate of drug-likeness (QED) is 0.196. The van der Waals surface area contributed by atoms with Crippen molar-refractivity contribution in [2.24, 2.45) is 0 Å². The van der Waals surface area contributed by atoms with Crippen LogP contribution in [0.1, 0.15) is 6.92 Å². The van der Waals surface area contributed by atoms with Crippen molar-refractivity contribution in [1.29, 1.82) is 0 Å². The minimum Gasteiger partial charge on any atom is -0.397 e. The van der Waals surface area contributed by atoms with Gasteiger partial charge >= 0.3 is 0 Å². The average molecular weight is 353 g/mol. The zero-order chi connectivity index (χ0) is 19.2. The molecule has 0 fully saturated rings. The van der Waals surface area contributed by atoms with Gasteiger partial charge in [0, 0.05) is 17.4 Å². The Balaban J connectivity index is 0.000000613. The monoisotopic (exact) mass is 353 g/mol. The Morgan fingerprint density at radius 1 is 0.808 bits per heavy atom. The van der Waals surface area contributed by atoms with Gasteiger partial charge in [-0.05, 0) is 6.92 Å². The second kappa shape index (κ2) is 6.08. The molecule has 0 aliphatic heterocycles. The molecule has 3 aromatic carbocycles. The van der Waals surface area contributed by atoms with E-state index in [0.717, 1.165) is 0 Å². The van der Waals surface area contributed by atoms with Gasteiger partial charge in [-0.25, -0.2) is 0 Å². The van der Waals surface area contributed by atoms with Crippen LogP contribution in [-0.4, -0.2) is 16.7 Å². The number of fused-ring (bicyclic) bond motifs is 3. The number of nitrogens with one attached hydrogen (secondary N) is 1. The number of aliphatic hydroxyl groups excluding tert-OH is 1. The van der Waals surface area contributed by atoms with Gasteiger partial charge in [-0.1, -0.05) is 24.3 Å². The van der Waals surface area contributed by atoms with Crippen molar-refractivity contribution in [3.8, 4) is 0 Å². The van der Waals surface area contributed by atoms with E-state index in [9.17, 15) is 19.2 Å². The molecule has 0 spiro atoms. The molecule has 0 bridgehead atoms. The van der Waals surface area contributed by atoms with E-state index in [2.05, 4.69) is 4.98 Å². The molecule has 8 heteroatoms. The van der Waals surface area contributed by atoms with Crippen LogP contribution in [0.2, 0.25) is 0 Å². The van der Waals surface area contributed by atoms with Crippen molar-refractivity contribution in [3.63, 3.8) is 0 Å². The number of nitrogens with two attached hydrogens (primary N) is 2. The van der Waals surface area contributed by atoms with Crippen molar-refractivity contribution in [2.75, 3.05) is 18.1 Å². The largest absolute Gasteiger partial charge is 0.397 e. The fourth-order valence-corrected chi connectivity index (χ4v) is 3.11. The minimum absolute atomic E-state index is 0.116. The van der Waals surface area contributed by atoms with Crippen LogP contribution in [0.15, 0.2) is 43.4 Å². The second-order valence-electron chi connectivity index (χ2n) is 5.63. The van der Waals surface area contributed by atoms with Crippen LogP contribution in [0.4, 0.5) is 11.4 Å². The lowest BCUT2D eigenvalue weighted by Gasteiger charge is -2.07. The maximum Gasteiger partial charge on any atom is 0.261 e. The molecule has 0 aliphatic rings. The molecule has 4 aromatic rings. The number of aromatic amines is 1. The summed E-state index contributed by atoms with van der Waals surface area (Å²) < 4.78 is 0. The SMILES string of the molecule is CCO.Nc1c2c(=O)[nH]c(=O)c2c(N)c2c(=O)c3ccccc3c(=O)c12. The lowest BCUT2D eigenvalue weighted by Crippen LogP contribution is -2.17. The van der Waals surface area contributed by atoms with E-state index in [0.29, 0.717) is 0 Å². The van der Waals surface area contributed by atoms with E-state index in [1.807, 2.05) is 0 Å². The zero-order valence-corrected chi connectivity index (χ0v) is 13.8. The fraction of sp³-hybridized carbons (Fsp3) is 0.111. The number of rotatable bonds is 0. The summed E-state index contributed by atoms with van der Waals surface area (Å²) in [5.74, 6) is 0. The van der Waals surface area contributed by atoms with E-state index in [-0.39, 0.29) is 50.3 Å². The first kappa shape index (κ1) is 17.3. The molecule has 26 heavy (non-hydrogen) atoms. The van der Waals surface area contributed by atoms with Gasteiger partial charge in [0.05, 0.1) is 32.9 Å². The Bertz CT molecular complexity index is 1280. The molecule has 0 aliphatic carbocycles. The van der Waals surface area contributed by atoms with E-state index in [4.69, 9.17) is 16.6 Å². The van der Waals surface area contributed by atoms with E-state index in [1.54, 1.807) is 19.1 Å². The summed E-state index contributed by atoms with van der Waals surface area (Å²) in [6.45, 7) is 1.93. The molecule has 0 atom stereocenters. The molecular weight excluding hydrogens is 338 g/mol. The first-order valence-corrected chi connectivity index (χ1v) is 7.74. The van der Waals surface area contributed by atoms with E-state index >= 15 is 0 Å². The van der Waals surface area contributed by atoms with Crippen LogP contribution in [-0.2, 0) is 0 Å². The molecule has 0 radical (unpaired) electrons. The lowest BCUT2D eigenvalue weighted by atomic mass is 9.97. The molecule has 1 heterocycles. The third-order valence-electron chi connectivity index (χ3n) is 4.13. The van der Waals surface area contributed by atoms with Crippen molar-refractivity contribution in [3.05, 3.63) is 65.4 Å². The Morgan fingerprint density at radius 3 is 1.50 bits per heavy atom. The molecular formula is C18H15N3O5. The zero-order valence-electron chi connectivity index (χ0n) is 13.8. The molecule has 0 saturated heterocycles. The molecule has 4 rings (SSSR count). The van der Waals surface area contributed by atoms with Crippen LogP contribution >= 0.6 is 0 Å². The van der Waals surface area contributed by atoms with Crippen LogP contribution < -0.4 is 33.4 Å². The summed E-state index contributed by atoms with van der Waals surface area (Å²) >= 11 is 0. The number of aliphatic hydroxyl groups is 1. The maximum atomic E-state index is 12.7. The standard InChI is InChI=1S/C16H9N3O4.C2H6O/c17-11-7-8(12(18)10-9(11)15(22)19-16(10)23)14(21)6-4-2-1-3-5(6)13(7)20;1-2-3/h1-4H,17-18H2,(H,19,22,23);3H,2H2,1H3. The van der Waals surface area contributed by atoms with Crippen LogP contribution in [0.25, 0.3) is 32.3 Å². The van der Waals surface area contributed by atoms with Crippen LogP contribution in [0, 0.1) is 0 Å². The molecule has 1 aromatic heterocycles. The van der Waals surface area contributed by atoms with Gasteiger partial charge in [-0.15, -0.1) is 0 Å². The van der Waals surface area contributed by atoms with Gasteiger partial charge in [-0.3, -0.25) is 24.2 Å². The minimum atomic E-state index is -0.726. The lowest BCUT2D eigenvalue weighted by molar-refractivity contribution is 0.318. The highest BCUT2D eigenvalue weighted by Crippen LogP contribution is 2.30. The normalized spacial score (nSPS) is 11.0. The van der Waals surface area contributed by atoms with Crippen molar-refractivity contribution in [1.82, 2.24) is 4.98 Å². The second-order valence-corrected chi connectivity index (χ2v) is 5.63. The number of H-pyrrole nitrogens is 1. The topological polar surface area (TPSA) is 156 Å². The summed E-state index contributed by atoms with van der Waals surface area (Å²) in [6.07, 6.45) is 0. The summed E-state index contributed by atoms with van der Waals surface area (Å²) in [4.78, 5) is 51.3. The summed E-state index contributed by atoms with van der Waals surface area (Å²) in [5, 5.41) is 7.43. The number of hydrogen-bond acceptors (Lipinski definition) is 7. The third kappa shape index (κ3) is 2.20.